The summed E-state index contributed by atoms with van der Waals surface area (Å²) >= 11 is 0. The molecule has 1 saturated heterocycles. The number of rotatable bonds is 7. The summed E-state index contributed by atoms with van der Waals surface area (Å²) in [6.07, 6.45) is 2.43. The van der Waals surface area contributed by atoms with Crippen LogP contribution in [0.25, 0.3) is 0 Å². The molecule has 0 N–H and O–H groups in total. The lowest BCUT2D eigenvalue weighted by Gasteiger charge is -2.25. The molecular formula is C22H25F2N3O5S. The minimum Gasteiger partial charge on any atom is -0.484 e. The van der Waals surface area contributed by atoms with Crippen molar-refractivity contribution in [2.45, 2.75) is 61.4 Å². The number of aromatic nitrogens is 2. The van der Waals surface area contributed by atoms with E-state index in [0.29, 0.717) is 30.7 Å². The molecule has 1 aromatic heterocycles. The van der Waals surface area contributed by atoms with Crippen LogP contribution in [0.15, 0.2) is 27.6 Å². The van der Waals surface area contributed by atoms with Crippen molar-refractivity contribution in [2.75, 3.05) is 19.3 Å². The number of ether oxygens (including phenoxy) is 1. The predicted molar refractivity (Wildman–Crippen MR) is 112 cm³/mol. The zero-order chi connectivity index (χ0) is 23.8. The average Bonchev–Trinajstić information content (AvgIpc) is 3.61. The van der Waals surface area contributed by atoms with E-state index in [1.54, 1.807) is 4.90 Å². The Morgan fingerprint density at radius 3 is 2.73 bits per heavy atom. The van der Waals surface area contributed by atoms with E-state index in [4.69, 9.17) is 9.26 Å². The molecule has 3 aliphatic rings. The minimum absolute atomic E-state index is 0.0581. The number of carbonyl (C=O) groups is 1. The first-order chi connectivity index (χ1) is 15.4. The van der Waals surface area contributed by atoms with Crippen molar-refractivity contribution < 1.29 is 31.3 Å². The fourth-order valence-corrected chi connectivity index (χ4v) is 5.04. The van der Waals surface area contributed by atoms with Gasteiger partial charge in [-0.1, -0.05) is 5.16 Å². The Hall–Kier alpha value is -2.56. The van der Waals surface area contributed by atoms with Crippen molar-refractivity contribution in [1.29, 1.82) is 0 Å². The number of hydrogen-bond donors (Lipinski definition) is 0. The molecule has 1 aliphatic heterocycles. The van der Waals surface area contributed by atoms with Gasteiger partial charge in [-0.15, -0.1) is 0 Å². The number of hydrogen-bond acceptors (Lipinski definition) is 7. The summed E-state index contributed by atoms with van der Waals surface area (Å²) in [7, 11) is -3.62. The Bertz CT molecular complexity index is 1220. The second kappa shape index (κ2) is 7.22. The largest absolute Gasteiger partial charge is 0.484 e. The highest BCUT2D eigenvalue weighted by Crippen LogP contribution is 2.58. The van der Waals surface area contributed by atoms with Crippen LogP contribution in [-0.2, 0) is 15.3 Å². The van der Waals surface area contributed by atoms with Crippen LogP contribution >= 0.6 is 0 Å². The molecule has 11 heteroatoms. The van der Waals surface area contributed by atoms with Crippen LogP contribution in [-0.4, -0.2) is 60.7 Å². The van der Waals surface area contributed by atoms with Crippen LogP contribution in [0, 0.1) is 5.92 Å². The van der Waals surface area contributed by atoms with Gasteiger partial charge in [0, 0.05) is 32.2 Å². The van der Waals surface area contributed by atoms with Gasteiger partial charge in [0.25, 0.3) is 11.8 Å². The normalized spacial score (nSPS) is 25.6. The molecule has 8 nitrogen and oxygen atoms in total. The summed E-state index contributed by atoms with van der Waals surface area (Å²) in [5.41, 5.74) is -0.428. The van der Waals surface area contributed by atoms with Gasteiger partial charge in [0.15, 0.2) is 21.8 Å². The van der Waals surface area contributed by atoms with Crippen molar-refractivity contribution in [3.8, 4) is 5.75 Å². The summed E-state index contributed by atoms with van der Waals surface area (Å²) in [6, 6.07) is 3.72. The number of likely N-dealkylation sites (tertiary alicyclic amines) is 1. The van der Waals surface area contributed by atoms with E-state index in [1.165, 1.54) is 25.1 Å². The highest BCUT2D eigenvalue weighted by Gasteiger charge is 2.64. The number of benzene rings is 1. The Balaban J connectivity index is 1.42. The summed E-state index contributed by atoms with van der Waals surface area (Å²) in [6.45, 7) is 2.71. The first-order valence-corrected chi connectivity index (χ1v) is 12.8. The fourth-order valence-electron chi connectivity index (χ4n) is 4.39. The van der Waals surface area contributed by atoms with E-state index in [9.17, 15) is 22.0 Å². The summed E-state index contributed by atoms with van der Waals surface area (Å²) in [5, 5.41) is 4.16. The molecular weight excluding hydrogens is 456 g/mol. The van der Waals surface area contributed by atoms with E-state index < -0.39 is 27.8 Å². The van der Waals surface area contributed by atoms with Crippen LogP contribution in [0.1, 0.15) is 61.1 Å². The smallest absolute Gasteiger partial charge is 0.281 e. The lowest BCUT2D eigenvalue weighted by Crippen LogP contribution is -2.35. The molecule has 5 rings (SSSR count). The number of amides is 1. The maximum Gasteiger partial charge on any atom is 0.281 e. The number of fused-ring (bicyclic) bond motifs is 1. The third-order valence-corrected chi connectivity index (χ3v) is 7.98. The maximum atomic E-state index is 13.7. The fraction of sp³-hybridized carbons (Fsp3) is 0.591. The number of alkyl halides is 2. The molecule has 33 heavy (non-hydrogen) atoms. The summed E-state index contributed by atoms with van der Waals surface area (Å²) in [4.78, 5) is 19.5. The Kier molecular flexibility index (Phi) is 4.86. The van der Waals surface area contributed by atoms with Crippen LogP contribution in [0.2, 0.25) is 0 Å². The van der Waals surface area contributed by atoms with Gasteiger partial charge < -0.3 is 14.2 Å². The summed E-state index contributed by atoms with van der Waals surface area (Å²) < 4.78 is 62.4. The van der Waals surface area contributed by atoms with Gasteiger partial charge in [-0.3, -0.25) is 4.79 Å². The van der Waals surface area contributed by atoms with Crippen LogP contribution in [0.3, 0.4) is 0 Å². The zero-order valence-electron chi connectivity index (χ0n) is 18.5. The van der Waals surface area contributed by atoms with Crippen LogP contribution in [0.5, 0.6) is 5.75 Å². The molecule has 2 aromatic rings. The average molecular weight is 482 g/mol. The number of sulfone groups is 1. The monoisotopic (exact) mass is 481 g/mol. The molecule has 1 amide bonds. The van der Waals surface area contributed by atoms with Crippen molar-refractivity contribution in [3.63, 3.8) is 0 Å². The van der Waals surface area contributed by atoms with Crippen molar-refractivity contribution in [3.05, 3.63) is 35.5 Å². The quantitative estimate of drug-likeness (QED) is 0.598. The third-order valence-electron chi connectivity index (χ3n) is 6.87. The van der Waals surface area contributed by atoms with E-state index in [2.05, 4.69) is 10.1 Å². The number of piperidine rings is 1. The van der Waals surface area contributed by atoms with Gasteiger partial charge in [-0.05, 0) is 50.3 Å². The Labute approximate surface area is 190 Å². The van der Waals surface area contributed by atoms with E-state index >= 15 is 0 Å². The first-order valence-electron chi connectivity index (χ1n) is 10.9. The molecule has 0 bridgehead atoms. The molecule has 3 atom stereocenters. The lowest BCUT2D eigenvalue weighted by atomic mass is 10.1. The van der Waals surface area contributed by atoms with Gasteiger partial charge in [-0.25, -0.2) is 17.2 Å². The minimum atomic E-state index is -3.62. The van der Waals surface area contributed by atoms with Gasteiger partial charge in [0.2, 0.25) is 5.89 Å². The standard InChI is InChI=1S/C22H25F2N3O5S/c1-12(21(2,23)24)31-17-7-6-15(33(3,29)30)8-16(17)19(28)27-10-14-9-22(14,11-27)20-25-18(32-26-20)13-4-5-13/h6-8,12-14H,4-5,9-11H2,1-3H3/t12-,14?,22?/m0/s1. The summed E-state index contributed by atoms with van der Waals surface area (Å²) in [5.74, 6) is -1.95. The molecule has 0 spiro atoms. The highest BCUT2D eigenvalue weighted by molar-refractivity contribution is 7.90. The number of carbonyl (C=O) groups excluding carboxylic acids is 1. The molecule has 0 radical (unpaired) electrons. The maximum absolute atomic E-state index is 13.7. The van der Waals surface area contributed by atoms with Crippen molar-refractivity contribution >= 4 is 15.7 Å². The van der Waals surface area contributed by atoms with Crippen molar-refractivity contribution in [2.24, 2.45) is 5.92 Å². The second-order valence-electron chi connectivity index (χ2n) is 9.62. The molecule has 178 valence electrons. The molecule has 1 aromatic carbocycles. The van der Waals surface area contributed by atoms with Crippen LogP contribution < -0.4 is 4.74 Å². The van der Waals surface area contributed by atoms with Crippen molar-refractivity contribution in [1.82, 2.24) is 15.0 Å². The van der Waals surface area contributed by atoms with E-state index in [-0.39, 0.29) is 27.5 Å². The number of nitrogens with zero attached hydrogens (tertiary/aromatic N) is 3. The van der Waals surface area contributed by atoms with Gasteiger partial charge >= 0.3 is 0 Å². The highest BCUT2D eigenvalue weighted by atomic mass is 32.2. The lowest BCUT2D eigenvalue weighted by molar-refractivity contribution is -0.0720. The topological polar surface area (TPSA) is 103 Å². The Morgan fingerprint density at radius 1 is 1.36 bits per heavy atom. The predicted octanol–water partition coefficient (Wildman–Crippen LogP) is 3.19. The van der Waals surface area contributed by atoms with E-state index in [1.807, 2.05) is 0 Å². The van der Waals surface area contributed by atoms with E-state index in [0.717, 1.165) is 32.4 Å². The van der Waals surface area contributed by atoms with Gasteiger partial charge in [-0.2, -0.15) is 4.98 Å². The first kappa shape index (κ1) is 22.2. The zero-order valence-corrected chi connectivity index (χ0v) is 19.4. The molecule has 2 saturated carbocycles. The molecule has 2 unspecified atom stereocenters. The van der Waals surface area contributed by atoms with Crippen LogP contribution in [0.4, 0.5) is 8.78 Å². The molecule has 3 fully saturated rings. The molecule has 2 heterocycles. The number of halogens is 2. The second-order valence-corrected chi connectivity index (χ2v) is 11.6. The Morgan fingerprint density at radius 2 is 2.09 bits per heavy atom. The van der Waals surface area contributed by atoms with Gasteiger partial charge in [0.1, 0.15) is 5.75 Å². The van der Waals surface area contributed by atoms with Gasteiger partial charge in [0.05, 0.1) is 15.9 Å². The molecule has 2 aliphatic carbocycles. The SMILES string of the molecule is C[C@H](Oc1ccc(S(C)(=O)=O)cc1C(=O)N1CC2CC2(c2noc(C3CC3)n2)C1)C(C)(F)F. The third kappa shape index (κ3) is 4.00.